The maximum Gasteiger partial charge on any atom is 0.129 e. The number of hydrogen-bond donors (Lipinski definition) is 1. The van der Waals surface area contributed by atoms with Crippen molar-refractivity contribution in [2.24, 2.45) is 0 Å². The normalized spacial score (nSPS) is 12.8. The molecule has 0 aliphatic rings. The SMILES string of the molecule is C[Si](C)(C)C#CC[C@H](O)c1ccccc1. The molecule has 0 aliphatic heterocycles. The van der Waals surface area contributed by atoms with E-state index < -0.39 is 14.2 Å². The van der Waals surface area contributed by atoms with Gasteiger partial charge in [0.25, 0.3) is 0 Å². The van der Waals surface area contributed by atoms with E-state index in [-0.39, 0.29) is 0 Å². The topological polar surface area (TPSA) is 20.2 Å². The number of benzene rings is 1. The van der Waals surface area contributed by atoms with Gasteiger partial charge in [-0.15, -0.1) is 11.5 Å². The van der Waals surface area contributed by atoms with Crippen molar-refractivity contribution in [3.8, 4) is 11.5 Å². The highest BCUT2D eigenvalue weighted by Gasteiger charge is 2.08. The lowest BCUT2D eigenvalue weighted by Crippen LogP contribution is -2.16. The molecule has 0 radical (unpaired) electrons. The third kappa shape index (κ3) is 4.82. The van der Waals surface area contributed by atoms with Gasteiger partial charge >= 0.3 is 0 Å². The molecule has 0 spiro atoms. The van der Waals surface area contributed by atoms with Crippen LogP contribution < -0.4 is 0 Å². The van der Waals surface area contributed by atoms with Gasteiger partial charge < -0.3 is 5.11 Å². The molecule has 0 heterocycles. The van der Waals surface area contributed by atoms with Gasteiger partial charge in [0.15, 0.2) is 0 Å². The maximum absolute atomic E-state index is 9.83. The molecule has 0 unspecified atom stereocenters. The molecule has 2 heteroatoms. The monoisotopic (exact) mass is 218 g/mol. The van der Waals surface area contributed by atoms with Crippen molar-refractivity contribution >= 4 is 8.07 Å². The van der Waals surface area contributed by atoms with Gasteiger partial charge in [0.05, 0.1) is 6.10 Å². The lowest BCUT2D eigenvalue weighted by atomic mass is 10.1. The largest absolute Gasteiger partial charge is 0.387 e. The Morgan fingerprint density at radius 1 is 1.20 bits per heavy atom. The summed E-state index contributed by atoms with van der Waals surface area (Å²) in [6, 6.07) is 9.68. The van der Waals surface area contributed by atoms with Gasteiger partial charge in [-0.25, -0.2) is 0 Å². The van der Waals surface area contributed by atoms with E-state index in [9.17, 15) is 5.11 Å². The molecule has 1 atom stereocenters. The second kappa shape index (κ2) is 5.15. The van der Waals surface area contributed by atoms with Crippen LogP contribution in [0.2, 0.25) is 19.6 Å². The van der Waals surface area contributed by atoms with Crippen LogP contribution in [-0.2, 0) is 0 Å². The predicted molar refractivity (Wildman–Crippen MR) is 67.1 cm³/mol. The Labute approximate surface area is 93.2 Å². The Morgan fingerprint density at radius 2 is 1.80 bits per heavy atom. The summed E-state index contributed by atoms with van der Waals surface area (Å²) in [7, 11) is -1.30. The van der Waals surface area contributed by atoms with Crippen molar-refractivity contribution in [2.75, 3.05) is 0 Å². The lowest BCUT2D eigenvalue weighted by molar-refractivity contribution is 0.184. The van der Waals surface area contributed by atoms with Gasteiger partial charge in [-0.05, 0) is 5.56 Å². The van der Waals surface area contributed by atoms with E-state index in [2.05, 4.69) is 31.1 Å². The number of rotatable bonds is 2. The fraction of sp³-hybridized carbons (Fsp3) is 0.385. The zero-order valence-corrected chi connectivity index (χ0v) is 10.6. The average Bonchev–Trinajstić information content (AvgIpc) is 2.17. The van der Waals surface area contributed by atoms with E-state index in [1.807, 2.05) is 30.3 Å². The van der Waals surface area contributed by atoms with Gasteiger partial charge in [-0.1, -0.05) is 50.0 Å². The Morgan fingerprint density at radius 3 is 2.33 bits per heavy atom. The Bertz CT molecular complexity index is 354. The highest BCUT2D eigenvalue weighted by atomic mass is 28.3. The van der Waals surface area contributed by atoms with Crippen molar-refractivity contribution in [1.29, 1.82) is 0 Å². The van der Waals surface area contributed by atoms with E-state index >= 15 is 0 Å². The van der Waals surface area contributed by atoms with E-state index in [0.717, 1.165) is 5.56 Å². The van der Waals surface area contributed by atoms with E-state index in [1.165, 1.54) is 0 Å². The standard InChI is InChI=1S/C13H18OSi/c1-15(2,3)11-7-10-13(14)12-8-5-4-6-9-12/h4-6,8-9,13-14H,10H2,1-3H3/t13-/m0/s1. The van der Waals surface area contributed by atoms with Gasteiger partial charge in [-0.2, -0.15) is 0 Å². The van der Waals surface area contributed by atoms with Crippen molar-refractivity contribution in [3.05, 3.63) is 35.9 Å². The molecule has 15 heavy (non-hydrogen) atoms. The summed E-state index contributed by atoms with van der Waals surface area (Å²) < 4.78 is 0. The van der Waals surface area contributed by atoms with Crippen LogP contribution in [0.3, 0.4) is 0 Å². The fourth-order valence-corrected chi connectivity index (χ4v) is 1.84. The molecule has 0 bridgehead atoms. The molecule has 1 aromatic rings. The summed E-state index contributed by atoms with van der Waals surface area (Å²) in [6.07, 6.45) is 0.0870. The van der Waals surface area contributed by atoms with Crippen LogP contribution in [0, 0.1) is 11.5 Å². The van der Waals surface area contributed by atoms with Crippen molar-refractivity contribution in [2.45, 2.75) is 32.2 Å². The van der Waals surface area contributed by atoms with Crippen LogP contribution in [0.4, 0.5) is 0 Å². The smallest absolute Gasteiger partial charge is 0.129 e. The van der Waals surface area contributed by atoms with Crippen LogP contribution in [0.25, 0.3) is 0 Å². The Hall–Kier alpha value is -1.04. The predicted octanol–water partition coefficient (Wildman–Crippen LogP) is 2.99. The highest BCUT2D eigenvalue weighted by molar-refractivity contribution is 6.83. The van der Waals surface area contributed by atoms with Gasteiger partial charge in [0.2, 0.25) is 0 Å². The van der Waals surface area contributed by atoms with Crippen LogP contribution in [0.15, 0.2) is 30.3 Å². The second-order valence-corrected chi connectivity index (χ2v) is 9.43. The van der Waals surface area contributed by atoms with Crippen molar-refractivity contribution < 1.29 is 5.11 Å². The lowest BCUT2D eigenvalue weighted by Gasteiger charge is -2.07. The first-order valence-corrected chi connectivity index (χ1v) is 8.72. The molecule has 0 amide bonds. The number of hydrogen-bond acceptors (Lipinski definition) is 1. The number of aliphatic hydroxyl groups is 1. The highest BCUT2D eigenvalue weighted by Crippen LogP contribution is 2.14. The third-order valence-electron chi connectivity index (χ3n) is 1.94. The number of aliphatic hydroxyl groups excluding tert-OH is 1. The molecule has 0 aromatic heterocycles. The first-order chi connectivity index (χ1) is 6.99. The molecule has 0 aliphatic carbocycles. The summed E-state index contributed by atoms with van der Waals surface area (Å²) in [5.41, 5.74) is 4.20. The van der Waals surface area contributed by atoms with Crippen molar-refractivity contribution in [3.63, 3.8) is 0 Å². The maximum atomic E-state index is 9.83. The van der Waals surface area contributed by atoms with Crippen LogP contribution in [0.5, 0.6) is 0 Å². The summed E-state index contributed by atoms with van der Waals surface area (Å²) in [5, 5.41) is 9.83. The zero-order valence-electron chi connectivity index (χ0n) is 9.62. The zero-order chi connectivity index (χ0) is 11.3. The first-order valence-electron chi connectivity index (χ1n) is 5.22. The van der Waals surface area contributed by atoms with Crippen LogP contribution in [-0.4, -0.2) is 13.2 Å². The summed E-state index contributed by atoms with van der Waals surface area (Å²) in [4.78, 5) is 0. The summed E-state index contributed by atoms with van der Waals surface area (Å²) in [5.74, 6) is 3.09. The third-order valence-corrected chi connectivity index (χ3v) is 2.87. The fourth-order valence-electron chi connectivity index (χ4n) is 1.21. The van der Waals surface area contributed by atoms with E-state index in [1.54, 1.807) is 0 Å². The molecular weight excluding hydrogens is 200 g/mol. The minimum atomic E-state index is -1.30. The van der Waals surface area contributed by atoms with Crippen LogP contribution >= 0.6 is 0 Å². The minimum absolute atomic E-state index is 0.449. The van der Waals surface area contributed by atoms with Gasteiger partial charge in [-0.3, -0.25) is 0 Å². The first kappa shape index (κ1) is 12.0. The molecule has 1 rings (SSSR count). The minimum Gasteiger partial charge on any atom is -0.387 e. The Balaban J connectivity index is 2.57. The quantitative estimate of drug-likeness (QED) is 0.597. The Kier molecular flexibility index (Phi) is 4.13. The molecule has 1 aromatic carbocycles. The molecular formula is C13H18OSi. The molecule has 1 N–H and O–H groups in total. The molecule has 0 saturated carbocycles. The molecule has 80 valence electrons. The van der Waals surface area contributed by atoms with Gasteiger partial charge in [0, 0.05) is 6.42 Å². The molecule has 0 fully saturated rings. The molecule has 0 saturated heterocycles. The summed E-state index contributed by atoms with van der Waals surface area (Å²) in [6.45, 7) is 6.61. The second-order valence-electron chi connectivity index (χ2n) is 4.68. The average molecular weight is 218 g/mol. The summed E-state index contributed by atoms with van der Waals surface area (Å²) >= 11 is 0. The van der Waals surface area contributed by atoms with Crippen LogP contribution in [0.1, 0.15) is 18.1 Å². The molecule has 1 nitrogen and oxygen atoms in total. The van der Waals surface area contributed by atoms with E-state index in [0.29, 0.717) is 6.42 Å². The van der Waals surface area contributed by atoms with Crippen molar-refractivity contribution in [1.82, 2.24) is 0 Å². The van der Waals surface area contributed by atoms with Gasteiger partial charge in [0.1, 0.15) is 8.07 Å². The van der Waals surface area contributed by atoms with E-state index in [4.69, 9.17) is 0 Å².